The minimum atomic E-state index is -1.79. The van der Waals surface area contributed by atoms with Crippen LogP contribution in [0, 0.1) is 16.7 Å². The lowest BCUT2D eigenvalue weighted by atomic mass is 9.42. The molecule has 1 aromatic carbocycles. The Hall–Kier alpha value is -3.37. The van der Waals surface area contributed by atoms with Crippen LogP contribution in [-0.4, -0.2) is 74.5 Å². The number of fused-ring (bicyclic) bond motifs is 5. The molecule has 9 heteroatoms. The van der Waals surface area contributed by atoms with E-state index in [1.807, 2.05) is 36.4 Å². The van der Waals surface area contributed by atoms with Crippen LogP contribution >= 0.6 is 0 Å². The van der Waals surface area contributed by atoms with Gasteiger partial charge in [-0.15, -0.1) is 0 Å². The molecule has 0 unspecified atom stereocenters. The Morgan fingerprint density at radius 1 is 1.07 bits per heavy atom. The summed E-state index contributed by atoms with van der Waals surface area (Å²) in [5.41, 5.74) is -4.47. The van der Waals surface area contributed by atoms with Crippen LogP contribution in [0.2, 0.25) is 0 Å². The predicted molar refractivity (Wildman–Crippen MR) is 170 cm³/mol. The highest BCUT2D eigenvalue weighted by Crippen LogP contribution is 2.72. The normalized spacial score (nSPS) is 39.0. The Kier molecular flexibility index (Phi) is 8.29. The summed E-state index contributed by atoms with van der Waals surface area (Å²) in [5, 5.41) is 36.4. The van der Waals surface area contributed by atoms with Crippen molar-refractivity contribution in [1.29, 1.82) is 0 Å². The van der Waals surface area contributed by atoms with E-state index >= 15 is 0 Å². The van der Waals surface area contributed by atoms with E-state index < -0.39 is 63.8 Å². The third-order valence-electron chi connectivity index (χ3n) is 12.3. The number of nitrogens with zero attached hydrogens (tertiary/aromatic N) is 1. The molecule has 0 aliphatic heterocycles. The lowest BCUT2D eigenvalue weighted by molar-refractivity contribution is -0.329. The number of rotatable bonds is 7. The zero-order valence-corrected chi connectivity index (χ0v) is 27.0. The van der Waals surface area contributed by atoms with Crippen LogP contribution in [0.25, 0.3) is 6.08 Å². The van der Waals surface area contributed by atoms with Crippen molar-refractivity contribution in [2.24, 2.45) is 16.7 Å². The maximum absolute atomic E-state index is 13.6. The molecule has 0 saturated heterocycles. The number of aromatic nitrogens is 1. The fourth-order valence-electron chi connectivity index (χ4n) is 9.67. The first-order valence-corrected chi connectivity index (χ1v) is 16.3. The van der Waals surface area contributed by atoms with Gasteiger partial charge in [-0.1, -0.05) is 55.8 Å². The summed E-state index contributed by atoms with van der Waals surface area (Å²) < 4.78 is 18.7. The molecule has 246 valence electrons. The van der Waals surface area contributed by atoms with Gasteiger partial charge in [-0.05, 0) is 81.1 Å². The van der Waals surface area contributed by atoms with Gasteiger partial charge in [-0.2, -0.15) is 0 Å². The summed E-state index contributed by atoms with van der Waals surface area (Å²) >= 11 is 0. The second-order valence-electron chi connectivity index (χ2n) is 14.1. The van der Waals surface area contributed by atoms with Gasteiger partial charge in [0.15, 0.2) is 0 Å². The average molecular weight is 632 g/mol. The Labute approximate surface area is 270 Å². The van der Waals surface area contributed by atoms with E-state index in [2.05, 4.69) is 11.9 Å². The molecule has 4 aliphatic carbocycles. The Morgan fingerprint density at radius 2 is 1.83 bits per heavy atom. The van der Waals surface area contributed by atoms with Gasteiger partial charge in [0.1, 0.15) is 29.0 Å². The van der Waals surface area contributed by atoms with Gasteiger partial charge in [0.25, 0.3) is 0 Å². The maximum atomic E-state index is 13.6. The number of carbonyl (C=O) groups is 2. The smallest absolute Gasteiger partial charge is 0.340 e. The quantitative estimate of drug-likeness (QED) is 0.224. The van der Waals surface area contributed by atoms with Gasteiger partial charge in [0, 0.05) is 31.5 Å². The standard InChI is InChI=1S/C37H45NO8/c1-24(45-32(41)26-11-8-20-38-23-26)36(44-4)18-19-37(43)34(36,3)30(46-31(40)13-12-25-9-6-5-7-10-25)22-29-33(2)16-15-28(39)21-27(33)14-17-35(29,37)42/h5-14,20,23-24,28-30,39,42-43H,15-19,21-22H2,1-4H3/b13-12+/t24-,28-,29+,30+,33-,34+,35-,36+,37+/m0/s1. The number of aliphatic hydroxyl groups excluding tert-OH is 1. The molecule has 0 amide bonds. The molecule has 4 aliphatic rings. The van der Waals surface area contributed by atoms with E-state index in [4.69, 9.17) is 14.2 Å². The van der Waals surface area contributed by atoms with Crippen molar-refractivity contribution >= 4 is 18.0 Å². The average Bonchev–Trinajstić information content (AvgIpc) is 3.31. The zero-order valence-electron chi connectivity index (χ0n) is 27.0. The van der Waals surface area contributed by atoms with Crippen LogP contribution in [0.15, 0.2) is 72.6 Å². The first-order chi connectivity index (χ1) is 21.8. The van der Waals surface area contributed by atoms with Gasteiger partial charge in [0.2, 0.25) is 0 Å². The van der Waals surface area contributed by atoms with Crippen molar-refractivity contribution in [3.05, 3.63) is 83.7 Å². The molecule has 3 saturated carbocycles. The largest absolute Gasteiger partial charge is 0.458 e. The molecule has 0 bridgehead atoms. The molecule has 2 aromatic rings. The molecule has 6 rings (SSSR count). The van der Waals surface area contributed by atoms with Crippen LogP contribution in [0.4, 0.5) is 0 Å². The lowest BCUT2D eigenvalue weighted by Gasteiger charge is -2.67. The van der Waals surface area contributed by atoms with E-state index in [9.17, 15) is 24.9 Å². The SMILES string of the molecule is CO[C@@]1([C@H](C)OC(=O)c2cccnc2)CC[C@@]2(O)[C@]1(C)[C@H](OC(=O)/C=C/c1ccccc1)C[C@@H]1[C@@]3(C)CC[C@H](O)CC3=CC[C@]12O. The molecule has 3 N–H and O–H groups in total. The van der Waals surface area contributed by atoms with Crippen molar-refractivity contribution in [1.82, 2.24) is 4.98 Å². The van der Waals surface area contributed by atoms with Gasteiger partial charge in [-0.25, -0.2) is 9.59 Å². The number of methoxy groups -OCH3 is 1. The zero-order chi connectivity index (χ0) is 33.0. The van der Waals surface area contributed by atoms with Gasteiger partial charge in [-0.3, -0.25) is 4.98 Å². The lowest BCUT2D eigenvalue weighted by Crippen LogP contribution is -2.79. The van der Waals surface area contributed by atoms with Crippen molar-refractivity contribution in [3.8, 4) is 0 Å². The maximum Gasteiger partial charge on any atom is 0.340 e. The third kappa shape index (κ3) is 4.69. The molecule has 1 aromatic heterocycles. The number of carbonyl (C=O) groups excluding carboxylic acids is 2. The summed E-state index contributed by atoms with van der Waals surface area (Å²) in [4.78, 5) is 30.9. The highest BCUT2D eigenvalue weighted by Gasteiger charge is 2.82. The van der Waals surface area contributed by atoms with Crippen molar-refractivity contribution in [3.63, 3.8) is 0 Å². The molecule has 9 nitrogen and oxygen atoms in total. The second kappa shape index (κ2) is 11.7. The molecular weight excluding hydrogens is 586 g/mol. The van der Waals surface area contributed by atoms with E-state index in [1.165, 1.54) is 19.4 Å². The predicted octanol–water partition coefficient (Wildman–Crippen LogP) is 4.80. The molecule has 1 heterocycles. The van der Waals surface area contributed by atoms with Crippen LogP contribution in [0.5, 0.6) is 0 Å². The van der Waals surface area contributed by atoms with Gasteiger partial charge in [0.05, 0.1) is 17.1 Å². The van der Waals surface area contributed by atoms with Crippen LogP contribution < -0.4 is 0 Å². The van der Waals surface area contributed by atoms with E-state index in [0.29, 0.717) is 19.3 Å². The first-order valence-electron chi connectivity index (χ1n) is 16.3. The number of pyridine rings is 1. The number of ether oxygens (including phenoxy) is 3. The Bertz CT molecular complexity index is 1530. The second-order valence-corrected chi connectivity index (χ2v) is 14.1. The highest BCUT2D eigenvalue weighted by atomic mass is 16.6. The van der Waals surface area contributed by atoms with Crippen LogP contribution in [-0.2, 0) is 19.0 Å². The van der Waals surface area contributed by atoms with Crippen LogP contribution in [0.3, 0.4) is 0 Å². The monoisotopic (exact) mass is 631 g/mol. The highest BCUT2D eigenvalue weighted by molar-refractivity contribution is 5.89. The van der Waals surface area contributed by atoms with E-state index in [1.54, 1.807) is 38.3 Å². The molecule has 0 radical (unpaired) electrons. The third-order valence-corrected chi connectivity index (χ3v) is 12.3. The topological polar surface area (TPSA) is 135 Å². The van der Waals surface area contributed by atoms with Gasteiger partial charge < -0.3 is 29.5 Å². The Morgan fingerprint density at radius 3 is 2.52 bits per heavy atom. The molecule has 46 heavy (non-hydrogen) atoms. The molecule has 9 atom stereocenters. The minimum absolute atomic E-state index is 0.134. The van der Waals surface area contributed by atoms with Gasteiger partial charge >= 0.3 is 11.9 Å². The molecular formula is C37H45NO8. The van der Waals surface area contributed by atoms with Crippen molar-refractivity contribution in [2.75, 3.05) is 7.11 Å². The number of hydrogen-bond donors (Lipinski definition) is 3. The van der Waals surface area contributed by atoms with Crippen LogP contribution in [0.1, 0.15) is 81.6 Å². The number of aliphatic hydroxyl groups is 3. The van der Waals surface area contributed by atoms with E-state index in [0.717, 1.165) is 11.1 Å². The molecule has 0 spiro atoms. The molecule has 3 fully saturated rings. The number of benzene rings is 1. The minimum Gasteiger partial charge on any atom is -0.458 e. The summed E-state index contributed by atoms with van der Waals surface area (Å²) in [6.07, 6.45) is 8.27. The van der Waals surface area contributed by atoms with Crippen molar-refractivity contribution in [2.45, 2.75) is 101 Å². The fraction of sp³-hybridized carbons (Fsp3) is 0.541. The number of esters is 2. The fourth-order valence-corrected chi connectivity index (χ4v) is 9.67. The summed E-state index contributed by atoms with van der Waals surface area (Å²) in [6.45, 7) is 5.62. The first kappa shape index (κ1) is 32.6. The number of hydrogen-bond acceptors (Lipinski definition) is 9. The summed E-state index contributed by atoms with van der Waals surface area (Å²) in [7, 11) is 1.51. The Balaban J connectivity index is 1.43. The van der Waals surface area contributed by atoms with Crippen molar-refractivity contribution < 1.29 is 39.1 Å². The summed E-state index contributed by atoms with van der Waals surface area (Å²) in [6, 6.07) is 12.7. The van der Waals surface area contributed by atoms with E-state index in [-0.39, 0.29) is 31.2 Å². The summed E-state index contributed by atoms with van der Waals surface area (Å²) in [5.74, 6) is -1.65.